The number of carboxylic acid groups (broad SMARTS) is 1. The normalized spacial score (nSPS) is 14.7. The Morgan fingerprint density at radius 2 is 1.90 bits per heavy atom. The monoisotopic (exact) mass is 404 g/mol. The molecule has 0 radical (unpaired) electrons. The van der Waals surface area contributed by atoms with Gasteiger partial charge in [-0.2, -0.15) is 5.10 Å². The van der Waals surface area contributed by atoms with Crippen molar-refractivity contribution in [2.75, 3.05) is 0 Å². The molecule has 1 N–H and O–H groups in total. The Kier molecular flexibility index (Phi) is 6.21. The summed E-state index contributed by atoms with van der Waals surface area (Å²) in [5, 5.41) is 14.3. The summed E-state index contributed by atoms with van der Waals surface area (Å²) in [6, 6.07) is 11.1. The molecule has 156 valence electrons. The molecule has 30 heavy (non-hydrogen) atoms. The van der Waals surface area contributed by atoms with Crippen LogP contribution in [0.1, 0.15) is 78.9 Å². The quantitative estimate of drug-likeness (QED) is 0.593. The first kappa shape index (κ1) is 20.3. The summed E-state index contributed by atoms with van der Waals surface area (Å²) in [5.41, 5.74) is 2.61. The topological polar surface area (TPSA) is 80.9 Å². The van der Waals surface area contributed by atoms with Crippen molar-refractivity contribution in [1.82, 2.24) is 19.7 Å². The van der Waals surface area contributed by atoms with Crippen molar-refractivity contribution in [3.05, 3.63) is 65.4 Å². The summed E-state index contributed by atoms with van der Waals surface area (Å²) in [7, 11) is 0. The Morgan fingerprint density at radius 3 is 2.60 bits per heavy atom. The molecule has 4 rings (SSSR count). The van der Waals surface area contributed by atoms with Crippen LogP contribution in [0.3, 0.4) is 0 Å². The van der Waals surface area contributed by atoms with Crippen LogP contribution in [0.5, 0.6) is 0 Å². The fraction of sp³-hybridized carbons (Fsp3) is 0.417. The maximum absolute atomic E-state index is 11.5. The van der Waals surface area contributed by atoms with Crippen molar-refractivity contribution >= 4 is 5.97 Å². The van der Waals surface area contributed by atoms with Gasteiger partial charge < -0.3 is 5.11 Å². The molecule has 1 saturated carbocycles. The molecule has 0 saturated heterocycles. The average molecular weight is 405 g/mol. The van der Waals surface area contributed by atoms with E-state index >= 15 is 0 Å². The van der Waals surface area contributed by atoms with E-state index in [1.807, 2.05) is 28.9 Å². The highest BCUT2D eigenvalue weighted by molar-refractivity contribution is 5.94. The first-order valence-corrected chi connectivity index (χ1v) is 10.9. The zero-order valence-electron chi connectivity index (χ0n) is 17.4. The summed E-state index contributed by atoms with van der Waals surface area (Å²) < 4.78 is 2.05. The minimum absolute atomic E-state index is 0.212. The molecular weight excluding hydrogens is 376 g/mol. The number of rotatable bonds is 7. The second-order valence-electron chi connectivity index (χ2n) is 8.03. The summed E-state index contributed by atoms with van der Waals surface area (Å²) in [4.78, 5) is 20.6. The molecule has 2 heterocycles. The molecule has 6 heteroatoms. The number of carbonyl (C=O) groups is 1. The average Bonchev–Trinajstić information content (AvgIpc) is 3.17. The second kappa shape index (κ2) is 9.20. The fourth-order valence-electron chi connectivity index (χ4n) is 4.21. The van der Waals surface area contributed by atoms with Gasteiger partial charge in [0.15, 0.2) is 5.82 Å². The van der Waals surface area contributed by atoms with Crippen LogP contribution in [0.25, 0.3) is 11.3 Å². The maximum atomic E-state index is 11.5. The van der Waals surface area contributed by atoms with Crippen molar-refractivity contribution in [2.24, 2.45) is 0 Å². The molecular formula is C24H28N4O2. The number of pyridine rings is 1. The molecule has 1 fully saturated rings. The molecule has 3 aromatic rings. The van der Waals surface area contributed by atoms with Crippen molar-refractivity contribution in [3.63, 3.8) is 0 Å². The van der Waals surface area contributed by atoms with Gasteiger partial charge in [0.05, 0.1) is 17.8 Å². The van der Waals surface area contributed by atoms with Crippen LogP contribution in [0.4, 0.5) is 0 Å². The molecule has 0 bridgehead atoms. The lowest BCUT2D eigenvalue weighted by molar-refractivity contribution is 0.0697. The van der Waals surface area contributed by atoms with E-state index in [1.54, 1.807) is 18.3 Å². The number of nitrogens with zero attached hydrogens (tertiary/aromatic N) is 4. The Hall–Kier alpha value is -3.02. The van der Waals surface area contributed by atoms with Gasteiger partial charge in [-0.05, 0) is 37.0 Å². The van der Waals surface area contributed by atoms with E-state index in [0.717, 1.165) is 35.6 Å². The van der Waals surface area contributed by atoms with E-state index in [-0.39, 0.29) is 5.56 Å². The number of aromatic carboxylic acids is 1. The van der Waals surface area contributed by atoms with Crippen LogP contribution in [0.15, 0.2) is 42.6 Å². The third-order valence-corrected chi connectivity index (χ3v) is 5.81. The summed E-state index contributed by atoms with van der Waals surface area (Å²) in [6.07, 6.45) is 9.85. The number of hydrogen-bond donors (Lipinski definition) is 1. The fourth-order valence-corrected chi connectivity index (χ4v) is 4.21. The molecule has 0 amide bonds. The molecule has 0 spiro atoms. The Morgan fingerprint density at radius 1 is 1.13 bits per heavy atom. The Labute approximate surface area is 177 Å². The van der Waals surface area contributed by atoms with Gasteiger partial charge in [0.1, 0.15) is 5.82 Å². The third kappa shape index (κ3) is 4.42. The molecule has 1 aliphatic rings. The molecule has 6 nitrogen and oxygen atoms in total. The first-order chi connectivity index (χ1) is 14.7. The van der Waals surface area contributed by atoms with Gasteiger partial charge in [0, 0.05) is 24.1 Å². The van der Waals surface area contributed by atoms with Crippen molar-refractivity contribution in [1.29, 1.82) is 0 Å². The number of benzene rings is 1. The van der Waals surface area contributed by atoms with E-state index in [2.05, 4.69) is 11.9 Å². The zero-order valence-corrected chi connectivity index (χ0v) is 17.4. The summed E-state index contributed by atoms with van der Waals surface area (Å²) >= 11 is 0. The van der Waals surface area contributed by atoms with Crippen LogP contribution >= 0.6 is 0 Å². The third-order valence-electron chi connectivity index (χ3n) is 5.81. The van der Waals surface area contributed by atoms with Crippen LogP contribution in [0, 0.1) is 0 Å². The summed E-state index contributed by atoms with van der Waals surface area (Å²) in [6.45, 7) is 2.84. The van der Waals surface area contributed by atoms with Crippen LogP contribution < -0.4 is 0 Å². The predicted molar refractivity (Wildman–Crippen MR) is 116 cm³/mol. The number of aryl methyl sites for hydroxylation is 1. The van der Waals surface area contributed by atoms with Crippen molar-refractivity contribution in [3.8, 4) is 11.3 Å². The van der Waals surface area contributed by atoms with Gasteiger partial charge in [-0.3, -0.25) is 4.98 Å². The van der Waals surface area contributed by atoms with E-state index < -0.39 is 5.97 Å². The molecule has 1 aliphatic carbocycles. The minimum atomic E-state index is -0.968. The predicted octanol–water partition coefficient (Wildman–Crippen LogP) is 5.09. The highest BCUT2D eigenvalue weighted by Gasteiger charge is 2.21. The van der Waals surface area contributed by atoms with Gasteiger partial charge in [0.2, 0.25) is 0 Å². The van der Waals surface area contributed by atoms with E-state index in [9.17, 15) is 9.90 Å². The van der Waals surface area contributed by atoms with Crippen LogP contribution in [0.2, 0.25) is 0 Å². The Bertz CT molecular complexity index is 1000. The van der Waals surface area contributed by atoms with Crippen LogP contribution in [-0.4, -0.2) is 30.8 Å². The molecule has 2 aromatic heterocycles. The second-order valence-corrected chi connectivity index (χ2v) is 8.03. The first-order valence-electron chi connectivity index (χ1n) is 10.9. The standard InChI is InChI=1S/C24H28N4O2/c1-2-7-21-26-23(19-8-4-3-5-9-19)27-28(21)16-17-11-13-18(14-12-17)22-20(24(29)30)10-6-15-25-22/h6,10-15,19H,2-5,7-9,16H2,1H3,(H,29,30). The molecule has 0 aliphatic heterocycles. The highest BCUT2D eigenvalue weighted by Crippen LogP contribution is 2.31. The molecule has 0 atom stereocenters. The summed E-state index contributed by atoms with van der Waals surface area (Å²) in [5.74, 6) is 1.59. The lowest BCUT2D eigenvalue weighted by Gasteiger charge is -2.18. The Balaban J connectivity index is 1.56. The van der Waals surface area contributed by atoms with E-state index in [1.165, 1.54) is 32.1 Å². The van der Waals surface area contributed by atoms with Gasteiger partial charge >= 0.3 is 5.97 Å². The van der Waals surface area contributed by atoms with Crippen molar-refractivity contribution in [2.45, 2.75) is 64.3 Å². The maximum Gasteiger partial charge on any atom is 0.337 e. The van der Waals surface area contributed by atoms with Crippen LogP contribution in [-0.2, 0) is 13.0 Å². The van der Waals surface area contributed by atoms with Gasteiger partial charge in [-0.15, -0.1) is 0 Å². The smallest absolute Gasteiger partial charge is 0.337 e. The van der Waals surface area contributed by atoms with E-state index in [0.29, 0.717) is 18.2 Å². The van der Waals surface area contributed by atoms with Gasteiger partial charge in [-0.1, -0.05) is 50.5 Å². The molecule has 1 aromatic carbocycles. The highest BCUT2D eigenvalue weighted by atomic mass is 16.4. The lowest BCUT2D eigenvalue weighted by Crippen LogP contribution is -2.09. The lowest BCUT2D eigenvalue weighted by atomic mass is 9.89. The largest absolute Gasteiger partial charge is 0.478 e. The zero-order chi connectivity index (χ0) is 20.9. The number of aromatic nitrogens is 4. The minimum Gasteiger partial charge on any atom is -0.478 e. The van der Waals surface area contributed by atoms with Gasteiger partial charge in [0.25, 0.3) is 0 Å². The SMILES string of the molecule is CCCc1nc(C2CCCCC2)nn1Cc1ccc(-c2ncccc2C(=O)O)cc1. The van der Waals surface area contributed by atoms with Gasteiger partial charge in [-0.25, -0.2) is 14.5 Å². The molecule has 0 unspecified atom stereocenters. The van der Waals surface area contributed by atoms with E-state index in [4.69, 9.17) is 10.1 Å². The van der Waals surface area contributed by atoms with Crippen molar-refractivity contribution < 1.29 is 9.90 Å². The number of hydrogen-bond acceptors (Lipinski definition) is 4. The number of carboxylic acids is 1.